The van der Waals surface area contributed by atoms with Crippen LogP contribution in [0.3, 0.4) is 0 Å². The van der Waals surface area contributed by atoms with Crippen molar-refractivity contribution < 1.29 is 4.79 Å². The van der Waals surface area contributed by atoms with Crippen molar-refractivity contribution in [2.45, 2.75) is 25.8 Å². The lowest BCUT2D eigenvalue weighted by molar-refractivity contribution is 0.0529. The molecule has 0 radical (unpaired) electrons. The van der Waals surface area contributed by atoms with Gasteiger partial charge in [0, 0.05) is 30.7 Å². The average molecular weight is 356 g/mol. The van der Waals surface area contributed by atoms with Gasteiger partial charge in [0.1, 0.15) is 5.69 Å². The molecule has 2 N–H and O–H groups in total. The first-order valence-electron chi connectivity index (χ1n) is 7.57. The average Bonchev–Trinajstić information content (AvgIpc) is 2.53. The first-order valence-corrected chi connectivity index (χ1v) is 7.57. The molecule has 1 aliphatic heterocycles. The fourth-order valence-electron chi connectivity index (χ4n) is 3.29. The van der Waals surface area contributed by atoms with E-state index in [1.807, 2.05) is 35.2 Å². The number of fused-ring (bicyclic) bond motifs is 1. The smallest absolute Gasteiger partial charge is 0.273 e. The van der Waals surface area contributed by atoms with Gasteiger partial charge in [-0.2, -0.15) is 0 Å². The van der Waals surface area contributed by atoms with Crippen LogP contribution in [0, 0.1) is 5.92 Å². The number of pyridine rings is 1. The molecule has 3 rings (SSSR count). The number of carbonyl (C=O) groups is 1. The molecule has 1 aromatic carbocycles. The molecule has 2 heterocycles. The molecule has 2 aromatic rings. The van der Waals surface area contributed by atoms with Crippen LogP contribution in [0.1, 0.15) is 30.3 Å². The highest BCUT2D eigenvalue weighted by molar-refractivity contribution is 6.05. The van der Waals surface area contributed by atoms with Crippen molar-refractivity contribution in [1.29, 1.82) is 0 Å². The van der Waals surface area contributed by atoms with Crippen molar-refractivity contribution in [3.05, 3.63) is 42.2 Å². The van der Waals surface area contributed by atoms with E-state index < -0.39 is 0 Å². The summed E-state index contributed by atoms with van der Waals surface area (Å²) in [6.07, 6.45) is 3.88. The molecule has 0 aliphatic carbocycles. The van der Waals surface area contributed by atoms with Gasteiger partial charge in [0.05, 0.1) is 0 Å². The third-order valence-corrected chi connectivity index (χ3v) is 4.49. The minimum absolute atomic E-state index is 0. The number of piperidine rings is 1. The van der Waals surface area contributed by atoms with Crippen molar-refractivity contribution in [1.82, 2.24) is 9.88 Å². The van der Waals surface area contributed by atoms with E-state index >= 15 is 0 Å². The number of halogens is 2. The van der Waals surface area contributed by atoms with E-state index in [1.54, 1.807) is 6.20 Å². The topological polar surface area (TPSA) is 59.2 Å². The van der Waals surface area contributed by atoms with Crippen LogP contribution in [0.4, 0.5) is 0 Å². The lowest BCUT2D eigenvalue weighted by Crippen LogP contribution is -2.51. The Morgan fingerprint density at radius 3 is 2.78 bits per heavy atom. The van der Waals surface area contributed by atoms with Crippen molar-refractivity contribution in [3.63, 3.8) is 0 Å². The van der Waals surface area contributed by atoms with Crippen molar-refractivity contribution in [2.24, 2.45) is 11.7 Å². The summed E-state index contributed by atoms with van der Waals surface area (Å²) in [5, 5.41) is 1.96. The molecule has 2 atom stereocenters. The quantitative estimate of drug-likeness (QED) is 0.898. The molecule has 0 bridgehead atoms. The zero-order valence-electron chi connectivity index (χ0n) is 13.1. The highest BCUT2D eigenvalue weighted by Gasteiger charge is 2.32. The van der Waals surface area contributed by atoms with Gasteiger partial charge >= 0.3 is 0 Å². The van der Waals surface area contributed by atoms with E-state index in [9.17, 15) is 4.79 Å². The number of carbonyl (C=O) groups excluding carboxylic acids is 1. The van der Waals surface area contributed by atoms with Gasteiger partial charge in [0.2, 0.25) is 0 Å². The third kappa shape index (κ3) is 3.77. The molecule has 0 spiro atoms. The molecular weight excluding hydrogens is 333 g/mol. The summed E-state index contributed by atoms with van der Waals surface area (Å²) in [4.78, 5) is 19.2. The second-order valence-corrected chi connectivity index (χ2v) is 5.80. The van der Waals surface area contributed by atoms with E-state index in [0.717, 1.165) is 30.2 Å². The standard InChI is InChI=1S/C17H21N3O.2ClH/c1-12-5-4-10-20(15(12)11-18)17(21)16-14-7-3-2-6-13(14)8-9-19-16;;/h2-3,6-9,12,15H,4-5,10-11,18H2,1H3;2*1H. The van der Waals surface area contributed by atoms with Crippen LogP contribution in [-0.4, -0.2) is 34.9 Å². The Hall–Kier alpha value is -1.36. The predicted molar refractivity (Wildman–Crippen MR) is 98.5 cm³/mol. The molecule has 2 unspecified atom stereocenters. The van der Waals surface area contributed by atoms with Gasteiger partial charge in [0.15, 0.2) is 0 Å². The summed E-state index contributed by atoms with van der Waals surface area (Å²) >= 11 is 0. The van der Waals surface area contributed by atoms with Gasteiger partial charge in [-0.25, -0.2) is 0 Å². The fourth-order valence-corrected chi connectivity index (χ4v) is 3.29. The normalized spacial score (nSPS) is 20.5. The number of benzene rings is 1. The Labute approximate surface area is 149 Å². The highest BCUT2D eigenvalue weighted by Crippen LogP contribution is 2.26. The van der Waals surface area contributed by atoms with Crippen molar-refractivity contribution in [3.8, 4) is 0 Å². The van der Waals surface area contributed by atoms with E-state index in [4.69, 9.17) is 5.73 Å². The number of nitrogens with two attached hydrogens (primary N) is 1. The van der Waals surface area contributed by atoms with E-state index in [-0.39, 0.29) is 36.8 Å². The lowest BCUT2D eigenvalue weighted by Gasteiger charge is -2.39. The Bertz CT molecular complexity index is 660. The van der Waals surface area contributed by atoms with Gasteiger partial charge in [-0.15, -0.1) is 24.8 Å². The molecular formula is C17H23Cl2N3O. The molecule has 1 aromatic heterocycles. The number of amides is 1. The van der Waals surface area contributed by atoms with E-state index in [1.165, 1.54) is 0 Å². The van der Waals surface area contributed by atoms with Crippen molar-refractivity contribution in [2.75, 3.05) is 13.1 Å². The Morgan fingerprint density at radius 2 is 2.04 bits per heavy atom. The summed E-state index contributed by atoms with van der Waals surface area (Å²) < 4.78 is 0. The van der Waals surface area contributed by atoms with Gasteiger partial charge in [0.25, 0.3) is 5.91 Å². The molecule has 1 aliphatic rings. The summed E-state index contributed by atoms with van der Waals surface area (Å²) in [6, 6.07) is 9.94. The van der Waals surface area contributed by atoms with Crippen LogP contribution >= 0.6 is 24.8 Å². The second-order valence-electron chi connectivity index (χ2n) is 5.80. The molecule has 4 nitrogen and oxygen atoms in total. The highest BCUT2D eigenvalue weighted by atomic mass is 35.5. The van der Waals surface area contributed by atoms with E-state index in [2.05, 4.69) is 11.9 Å². The summed E-state index contributed by atoms with van der Waals surface area (Å²) in [5.41, 5.74) is 6.44. The second kappa shape index (κ2) is 8.48. The first-order chi connectivity index (χ1) is 10.2. The first kappa shape index (κ1) is 19.7. The van der Waals surface area contributed by atoms with Crippen LogP contribution in [0.25, 0.3) is 10.8 Å². The SMILES string of the molecule is CC1CCCN(C(=O)c2nccc3ccccc23)C1CN.Cl.Cl. The Morgan fingerprint density at radius 1 is 1.30 bits per heavy atom. The zero-order chi connectivity index (χ0) is 14.8. The number of likely N-dealkylation sites (tertiary alicyclic amines) is 1. The maximum absolute atomic E-state index is 12.9. The molecule has 6 heteroatoms. The largest absolute Gasteiger partial charge is 0.333 e. The number of aromatic nitrogens is 1. The molecule has 126 valence electrons. The van der Waals surface area contributed by atoms with Crippen LogP contribution in [0.15, 0.2) is 36.5 Å². The number of rotatable bonds is 2. The van der Waals surface area contributed by atoms with Crippen LogP contribution in [0.2, 0.25) is 0 Å². The summed E-state index contributed by atoms with van der Waals surface area (Å²) in [6.45, 7) is 3.46. The summed E-state index contributed by atoms with van der Waals surface area (Å²) in [5.74, 6) is 0.455. The lowest BCUT2D eigenvalue weighted by atomic mass is 9.90. The molecule has 1 amide bonds. The van der Waals surface area contributed by atoms with Crippen LogP contribution in [-0.2, 0) is 0 Å². The predicted octanol–water partition coefficient (Wildman–Crippen LogP) is 3.28. The molecule has 1 saturated heterocycles. The molecule has 23 heavy (non-hydrogen) atoms. The Kier molecular flexibility index (Phi) is 7.26. The Balaban J connectivity index is 0.00000132. The molecule has 0 saturated carbocycles. The van der Waals surface area contributed by atoms with E-state index in [0.29, 0.717) is 18.2 Å². The fraction of sp³-hybridized carbons (Fsp3) is 0.412. The third-order valence-electron chi connectivity index (χ3n) is 4.49. The van der Waals surface area contributed by atoms with Crippen LogP contribution in [0.5, 0.6) is 0 Å². The van der Waals surface area contributed by atoms with Gasteiger partial charge in [-0.3, -0.25) is 9.78 Å². The monoisotopic (exact) mass is 355 g/mol. The number of nitrogens with zero attached hydrogens (tertiary/aromatic N) is 2. The minimum atomic E-state index is 0. The van der Waals surface area contributed by atoms with Gasteiger partial charge in [-0.05, 0) is 30.2 Å². The minimum Gasteiger partial charge on any atom is -0.333 e. The number of hydrogen-bond donors (Lipinski definition) is 1. The zero-order valence-corrected chi connectivity index (χ0v) is 14.8. The number of hydrogen-bond acceptors (Lipinski definition) is 3. The van der Waals surface area contributed by atoms with Gasteiger partial charge < -0.3 is 10.6 Å². The maximum atomic E-state index is 12.9. The molecule has 1 fully saturated rings. The summed E-state index contributed by atoms with van der Waals surface area (Å²) in [7, 11) is 0. The van der Waals surface area contributed by atoms with Crippen molar-refractivity contribution >= 4 is 41.5 Å². The maximum Gasteiger partial charge on any atom is 0.273 e. The van der Waals surface area contributed by atoms with Gasteiger partial charge in [-0.1, -0.05) is 31.2 Å². The van der Waals surface area contributed by atoms with Crippen LogP contribution < -0.4 is 5.73 Å².